The summed E-state index contributed by atoms with van der Waals surface area (Å²) in [4.78, 5) is 23.9. The van der Waals surface area contributed by atoms with Crippen LogP contribution in [0.2, 0.25) is 0 Å². The molecule has 0 aliphatic carbocycles. The first-order valence-electron chi connectivity index (χ1n) is 5.29. The number of hydrogen-bond donors (Lipinski definition) is 0. The van der Waals surface area contributed by atoms with Gasteiger partial charge in [-0.15, -0.1) is 0 Å². The Balaban J connectivity index is 2.40. The molecule has 0 spiro atoms. The molecule has 1 fully saturated rings. The van der Waals surface area contributed by atoms with Crippen molar-refractivity contribution in [3.05, 3.63) is 0 Å². The SMILES string of the molecule is CCCCOC(=O)C1CCCN1C(=O)Cl. The van der Waals surface area contributed by atoms with Crippen LogP contribution in [0.15, 0.2) is 0 Å². The van der Waals surface area contributed by atoms with Gasteiger partial charge in [-0.1, -0.05) is 13.3 Å². The van der Waals surface area contributed by atoms with Gasteiger partial charge in [-0.05, 0) is 30.9 Å². The molecule has 0 N–H and O–H groups in total. The minimum atomic E-state index is -0.565. The number of rotatable bonds is 4. The van der Waals surface area contributed by atoms with Gasteiger partial charge in [0.15, 0.2) is 0 Å². The molecule has 0 aromatic rings. The van der Waals surface area contributed by atoms with Crippen molar-refractivity contribution < 1.29 is 14.3 Å². The lowest BCUT2D eigenvalue weighted by molar-refractivity contribution is -0.148. The van der Waals surface area contributed by atoms with E-state index >= 15 is 0 Å². The second-order valence-corrected chi connectivity index (χ2v) is 3.95. The normalized spacial score (nSPS) is 20.4. The van der Waals surface area contributed by atoms with Crippen molar-refractivity contribution in [1.29, 1.82) is 0 Å². The van der Waals surface area contributed by atoms with Crippen molar-refractivity contribution in [1.82, 2.24) is 4.90 Å². The van der Waals surface area contributed by atoms with Crippen LogP contribution in [-0.4, -0.2) is 35.4 Å². The lowest BCUT2D eigenvalue weighted by Gasteiger charge is -2.20. The van der Waals surface area contributed by atoms with E-state index in [1.165, 1.54) is 4.90 Å². The van der Waals surface area contributed by atoms with Crippen LogP contribution in [0.4, 0.5) is 4.79 Å². The Labute approximate surface area is 94.5 Å². The van der Waals surface area contributed by atoms with E-state index in [4.69, 9.17) is 16.3 Å². The van der Waals surface area contributed by atoms with Crippen LogP contribution >= 0.6 is 11.6 Å². The first-order chi connectivity index (χ1) is 7.16. The molecule has 1 saturated heterocycles. The minimum absolute atomic E-state index is 0.324. The van der Waals surface area contributed by atoms with E-state index in [2.05, 4.69) is 0 Å². The molecule has 1 aliphatic heterocycles. The van der Waals surface area contributed by atoms with Crippen molar-refractivity contribution in [3.8, 4) is 0 Å². The number of halogens is 1. The van der Waals surface area contributed by atoms with Crippen LogP contribution in [0, 0.1) is 0 Å². The standard InChI is InChI=1S/C10H16ClNO3/c1-2-3-7-15-9(13)8-5-4-6-12(8)10(11)14/h8H,2-7H2,1H3. The summed E-state index contributed by atoms with van der Waals surface area (Å²) in [6, 6.07) is -0.466. The molecule has 86 valence electrons. The molecular weight excluding hydrogens is 218 g/mol. The quantitative estimate of drug-likeness (QED) is 0.324. The Hall–Kier alpha value is -0.770. The van der Waals surface area contributed by atoms with Crippen LogP contribution in [0.25, 0.3) is 0 Å². The lowest BCUT2D eigenvalue weighted by Crippen LogP contribution is -2.38. The second-order valence-electron chi connectivity index (χ2n) is 3.63. The molecule has 5 heteroatoms. The molecule has 0 aromatic heterocycles. The van der Waals surface area contributed by atoms with Gasteiger partial charge in [-0.3, -0.25) is 4.79 Å². The first kappa shape index (κ1) is 12.3. The van der Waals surface area contributed by atoms with Gasteiger partial charge in [-0.2, -0.15) is 0 Å². The summed E-state index contributed by atoms with van der Waals surface area (Å²) >= 11 is 5.36. The molecule has 1 aliphatic rings. The third kappa shape index (κ3) is 3.38. The van der Waals surface area contributed by atoms with E-state index in [0.717, 1.165) is 19.3 Å². The zero-order chi connectivity index (χ0) is 11.3. The third-order valence-corrected chi connectivity index (χ3v) is 2.71. The number of nitrogens with zero attached hydrogens (tertiary/aromatic N) is 1. The van der Waals surface area contributed by atoms with Gasteiger partial charge in [0.05, 0.1) is 6.61 Å². The fraction of sp³-hybridized carbons (Fsp3) is 0.800. The van der Waals surface area contributed by atoms with Crippen LogP contribution in [-0.2, 0) is 9.53 Å². The number of carbonyl (C=O) groups is 2. The summed E-state index contributed by atoms with van der Waals surface area (Å²) in [5.74, 6) is -0.324. The van der Waals surface area contributed by atoms with Crippen molar-refractivity contribution in [2.24, 2.45) is 0 Å². The van der Waals surface area contributed by atoms with Crippen molar-refractivity contribution >= 4 is 22.9 Å². The highest BCUT2D eigenvalue weighted by Gasteiger charge is 2.34. The van der Waals surface area contributed by atoms with E-state index in [-0.39, 0.29) is 5.97 Å². The molecule has 1 heterocycles. The number of esters is 1. The first-order valence-corrected chi connectivity index (χ1v) is 5.67. The van der Waals surface area contributed by atoms with Crippen molar-refractivity contribution in [3.63, 3.8) is 0 Å². The molecule has 0 aromatic carbocycles. The van der Waals surface area contributed by atoms with E-state index in [0.29, 0.717) is 19.6 Å². The molecule has 1 amide bonds. The zero-order valence-electron chi connectivity index (χ0n) is 8.87. The second kappa shape index (κ2) is 5.95. The van der Waals surface area contributed by atoms with Gasteiger partial charge >= 0.3 is 11.3 Å². The third-order valence-electron chi connectivity index (χ3n) is 2.49. The maximum atomic E-state index is 11.6. The fourth-order valence-corrected chi connectivity index (χ4v) is 1.84. The molecule has 4 nitrogen and oxygen atoms in total. The average molecular weight is 234 g/mol. The predicted octanol–water partition coefficient (Wildman–Crippen LogP) is 2.15. The molecule has 0 radical (unpaired) electrons. The van der Waals surface area contributed by atoms with E-state index in [1.54, 1.807) is 0 Å². The van der Waals surface area contributed by atoms with Gasteiger partial charge in [0.2, 0.25) is 0 Å². The van der Waals surface area contributed by atoms with Crippen molar-refractivity contribution in [2.75, 3.05) is 13.2 Å². The van der Waals surface area contributed by atoms with Crippen LogP contribution in [0.5, 0.6) is 0 Å². The Morgan fingerprint density at radius 3 is 2.87 bits per heavy atom. The highest BCUT2D eigenvalue weighted by Crippen LogP contribution is 2.20. The molecule has 1 rings (SSSR count). The largest absolute Gasteiger partial charge is 0.464 e. The topological polar surface area (TPSA) is 46.6 Å². The number of carbonyl (C=O) groups excluding carboxylic acids is 2. The Bertz CT molecular complexity index is 245. The average Bonchev–Trinajstić information content (AvgIpc) is 2.66. The number of likely N-dealkylation sites (tertiary alicyclic amines) is 1. The van der Waals surface area contributed by atoms with Gasteiger partial charge < -0.3 is 9.64 Å². The molecule has 1 unspecified atom stereocenters. The number of ether oxygens (including phenoxy) is 1. The fourth-order valence-electron chi connectivity index (χ4n) is 1.64. The maximum absolute atomic E-state index is 11.6. The molecule has 15 heavy (non-hydrogen) atoms. The number of amides is 1. The van der Waals surface area contributed by atoms with Gasteiger partial charge in [0, 0.05) is 6.54 Å². The predicted molar refractivity (Wildman–Crippen MR) is 56.8 cm³/mol. The van der Waals surface area contributed by atoms with Crippen LogP contribution in [0.3, 0.4) is 0 Å². The Morgan fingerprint density at radius 1 is 1.53 bits per heavy atom. The molecular formula is C10H16ClNO3. The Morgan fingerprint density at radius 2 is 2.27 bits per heavy atom. The number of hydrogen-bond acceptors (Lipinski definition) is 3. The zero-order valence-corrected chi connectivity index (χ0v) is 9.63. The van der Waals surface area contributed by atoms with E-state index in [1.807, 2.05) is 6.92 Å². The summed E-state index contributed by atoms with van der Waals surface area (Å²) in [6.07, 6.45) is 3.30. The van der Waals surface area contributed by atoms with Crippen molar-refractivity contribution in [2.45, 2.75) is 38.6 Å². The lowest BCUT2D eigenvalue weighted by atomic mass is 10.2. The van der Waals surface area contributed by atoms with E-state index in [9.17, 15) is 9.59 Å². The molecule has 0 saturated carbocycles. The maximum Gasteiger partial charge on any atom is 0.328 e. The minimum Gasteiger partial charge on any atom is -0.464 e. The summed E-state index contributed by atoms with van der Waals surface area (Å²) in [5, 5.41) is -0.565. The van der Waals surface area contributed by atoms with Gasteiger partial charge in [0.25, 0.3) is 0 Å². The summed E-state index contributed by atoms with van der Waals surface area (Å²) in [5.41, 5.74) is 0. The monoisotopic (exact) mass is 233 g/mol. The highest BCUT2D eigenvalue weighted by molar-refractivity contribution is 6.63. The van der Waals surface area contributed by atoms with Crippen LogP contribution in [0.1, 0.15) is 32.6 Å². The Kier molecular flexibility index (Phi) is 4.88. The summed E-state index contributed by atoms with van der Waals surface area (Å²) in [7, 11) is 0. The van der Waals surface area contributed by atoms with Crippen LogP contribution < -0.4 is 0 Å². The molecule has 0 bridgehead atoms. The highest BCUT2D eigenvalue weighted by atomic mass is 35.5. The smallest absolute Gasteiger partial charge is 0.328 e. The summed E-state index contributed by atoms with van der Waals surface area (Å²) in [6.45, 7) is 3.00. The van der Waals surface area contributed by atoms with Gasteiger partial charge in [-0.25, -0.2) is 4.79 Å². The van der Waals surface area contributed by atoms with Gasteiger partial charge in [0.1, 0.15) is 6.04 Å². The number of unbranched alkanes of at least 4 members (excludes halogenated alkanes) is 1. The molecule has 1 atom stereocenters. The summed E-state index contributed by atoms with van der Waals surface area (Å²) < 4.78 is 5.06. The van der Waals surface area contributed by atoms with E-state index < -0.39 is 11.4 Å².